The predicted molar refractivity (Wildman–Crippen MR) is 129 cm³/mol. The molecule has 1 atom stereocenters. The molecule has 0 radical (unpaired) electrons. The van der Waals surface area contributed by atoms with Crippen molar-refractivity contribution in [2.45, 2.75) is 135 Å². The normalized spacial score (nSPS) is 12.9. The van der Waals surface area contributed by atoms with Gasteiger partial charge in [0.25, 0.3) is 0 Å². The molecule has 0 aromatic heterocycles. The summed E-state index contributed by atoms with van der Waals surface area (Å²) in [5.74, 6) is -0.702. The van der Waals surface area contributed by atoms with Gasteiger partial charge in [0.2, 0.25) is 0 Å². The number of carbonyl (C=O) groups is 1. The molecule has 30 heavy (non-hydrogen) atoms. The molecule has 0 spiro atoms. The molecular formula is C26H54NO3+. The van der Waals surface area contributed by atoms with Gasteiger partial charge in [-0.2, -0.15) is 0 Å². The molecule has 0 bridgehead atoms. The van der Waals surface area contributed by atoms with Gasteiger partial charge in [-0.3, -0.25) is 4.79 Å². The number of rotatable bonds is 23. The van der Waals surface area contributed by atoms with Crippen LogP contribution in [0.3, 0.4) is 0 Å². The zero-order chi connectivity index (χ0) is 22.5. The number of aliphatic carboxylic acids is 1. The predicted octanol–water partition coefficient (Wildman–Crippen LogP) is 6.94. The van der Waals surface area contributed by atoms with Crippen molar-refractivity contribution in [1.29, 1.82) is 0 Å². The summed E-state index contributed by atoms with van der Waals surface area (Å²) >= 11 is 0. The molecule has 1 unspecified atom stereocenters. The van der Waals surface area contributed by atoms with E-state index in [0.717, 1.165) is 49.7 Å². The van der Waals surface area contributed by atoms with Gasteiger partial charge in [-0.05, 0) is 25.7 Å². The van der Waals surface area contributed by atoms with Crippen LogP contribution in [0.25, 0.3) is 0 Å². The number of carboxylic acids is 1. The number of aliphatic hydroxyl groups is 1. The minimum atomic E-state index is -0.702. The van der Waals surface area contributed by atoms with Gasteiger partial charge >= 0.3 is 5.97 Å². The van der Waals surface area contributed by atoms with Crippen LogP contribution in [0.15, 0.2) is 0 Å². The Labute approximate surface area is 188 Å². The Hall–Kier alpha value is -0.610. The first-order chi connectivity index (χ1) is 14.4. The second-order valence-electron chi connectivity index (χ2n) is 10.1. The van der Waals surface area contributed by atoms with Crippen molar-refractivity contribution >= 4 is 5.97 Å². The van der Waals surface area contributed by atoms with Gasteiger partial charge in [-0.15, -0.1) is 0 Å². The first-order valence-corrected chi connectivity index (χ1v) is 13.1. The summed E-state index contributed by atoms with van der Waals surface area (Å²) in [7, 11) is 4.34. The fourth-order valence-corrected chi connectivity index (χ4v) is 4.32. The fraction of sp³-hybridized carbons (Fsp3) is 0.962. The fourth-order valence-electron chi connectivity index (χ4n) is 4.32. The lowest BCUT2D eigenvalue weighted by Gasteiger charge is -2.32. The van der Waals surface area contributed by atoms with Gasteiger partial charge in [-0.25, -0.2) is 0 Å². The quantitative estimate of drug-likeness (QED) is 0.137. The average molecular weight is 429 g/mol. The molecular weight excluding hydrogens is 374 g/mol. The summed E-state index contributed by atoms with van der Waals surface area (Å²) in [6.07, 6.45) is 22.9. The highest BCUT2D eigenvalue weighted by Gasteiger charge is 2.19. The van der Waals surface area contributed by atoms with Crippen molar-refractivity contribution in [2.75, 3.05) is 27.2 Å². The van der Waals surface area contributed by atoms with Crippen molar-refractivity contribution in [3.8, 4) is 0 Å². The van der Waals surface area contributed by atoms with E-state index in [-0.39, 0.29) is 12.5 Å². The first kappa shape index (κ1) is 29.4. The zero-order valence-corrected chi connectivity index (χ0v) is 20.7. The largest absolute Gasteiger partial charge is 0.481 e. The summed E-state index contributed by atoms with van der Waals surface area (Å²) in [5.41, 5.74) is 0. The van der Waals surface area contributed by atoms with Crippen LogP contribution >= 0.6 is 0 Å². The summed E-state index contributed by atoms with van der Waals surface area (Å²) in [4.78, 5) is 10.5. The Morgan fingerprint density at radius 1 is 0.700 bits per heavy atom. The van der Waals surface area contributed by atoms with Crippen LogP contribution in [0.5, 0.6) is 0 Å². The Morgan fingerprint density at radius 2 is 1.13 bits per heavy atom. The topological polar surface area (TPSA) is 57.5 Å². The van der Waals surface area contributed by atoms with Crippen molar-refractivity contribution in [3.05, 3.63) is 0 Å². The number of aliphatic hydroxyl groups excluding tert-OH is 1. The lowest BCUT2D eigenvalue weighted by atomic mass is 10.0. The third kappa shape index (κ3) is 22.1. The number of hydrogen-bond donors (Lipinski definition) is 2. The Kier molecular flexibility index (Phi) is 19.9. The SMILES string of the molecule is CCCCCCCCCCCCCCCCC(O)C[N+](C)(C)CCCCCC(=O)O. The van der Waals surface area contributed by atoms with Crippen molar-refractivity contribution in [2.24, 2.45) is 0 Å². The average Bonchev–Trinajstić information content (AvgIpc) is 2.67. The molecule has 0 amide bonds. The van der Waals surface area contributed by atoms with Gasteiger partial charge < -0.3 is 14.7 Å². The summed E-state index contributed by atoms with van der Waals surface area (Å²) in [5, 5.41) is 19.0. The minimum absolute atomic E-state index is 0.212. The Bertz CT molecular complexity index is 384. The van der Waals surface area contributed by atoms with Crippen molar-refractivity contribution < 1.29 is 19.5 Å². The van der Waals surface area contributed by atoms with E-state index < -0.39 is 5.97 Å². The number of quaternary nitrogens is 1. The highest BCUT2D eigenvalue weighted by Crippen LogP contribution is 2.15. The molecule has 0 fully saturated rings. The molecule has 0 aliphatic rings. The van der Waals surface area contributed by atoms with E-state index in [1.807, 2.05) is 0 Å². The summed E-state index contributed by atoms with van der Waals surface area (Å²) < 4.78 is 0.826. The molecule has 2 N–H and O–H groups in total. The maximum absolute atomic E-state index is 10.5. The molecule has 0 aromatic carbocycles. The molecule has 0 aliphatic heterocycles. The molecule has 0 rings (SSSR count). The standard InChI is InChI=1S/C26H53NO3/c1-4-5-6-7-8-9-10-11-12-13-14-15-16-18-21-25(28)24-27(2,3)23-20-17-19-22-26(29)30/h25,28H,4-24H2,1-3H3/p+1. The van der Waals surface area contributed by atoms with Crippen LogP contribution in [0, 0.1) is 0 Å². The molecule has 0 saturated heterocycles. The van der Waals surface area contributed by atoms with Crippen LogP contribution in [0.1, 0.15) is 129 Å². The van der Waals surface area contributed by atoms with Gasteiger partial charge in [0.05, 0.1) is 20.6 Å². The maximum Gasteiger partial charge on any atom is 0.303 e. The molecule has 4 heteroatoms. The lowest BCUT2D eigenvalue weighted by molar-refractivity contribution is -0.893. The van der Waals surface area contributed by atoms with E-state index in [1.54, 1.807) is 0 Å². The minimum Gasteiger partial charge on any atom is -0.481 e. The molecule has 180 valence electrons. The Morgan fingerprint density at radius 3 is 1.60 bits per heavy atom. The number of nitrogens with zero attached hydrogens (tertiary/aromatic N) is 1. The zero-order valence-electron chi connectivity index (χ0n) is 20.7. The van der Waals surface area contributed by atoms with Gasteiger partial charge in [0, 0.05) is 6.42 Å². The van der Waals surface area contributed by atoms with Gasteiger partial charge in [0.15, 0.2) is 0 Å². The van der Waals surface area contributed by atoms with Crippen LogP contribution in [0.2, 0.25) is 0 Å². The number of unbranched alkanes of at least 4 members (excludes halogenated alkanes) is 15. The second-order valence-corrected chi connectivity index (χ2v) is 10.1. The van der Waals surface area contributed by atoms with E-state index in [0.29, 0.717) is 0 Å². The summed E-state index contributed by atoms with van der Waals surface area (Å²) in [6.45, 7) is 4.09. The number of likely N-dealkylation sites (N-methyl/N-ethyl adjacent to an activating group) is 1. The van der Waals surface area contributed by atoms with E-state index >= 15 is 0 Å². The van der Waals surface area contributed by atoms with E-state index in [2.05, 4.69) is 21.0 Å². The van der Waals surface area contributed by atoms with Gasteiger partial charge in [0.1, 0.15) is 12.6 Å². The van der Waals surface area contributed by atoms with Crippen LogP contribution in [0.4, 0.5) is 0 Å². The van der Waals surface area contributed by atoms with E-state index in [4.69, 9.17) is 5.11 Å². The second kappa shape index (κ2) is 20.3. The third-order valence-electron chi connectivity index (χ3n) is 6.25. The van der Waals surface area contributed by atoms with E-state index in [1.165, 1.54) is 83.5 Å². The third-order valence-corrected chi connectivity index (χ3v) is 6.25. The molecule has 0 aromatic rings. The summed E-state index contributed by atoms with van der Waals surface area (Å²) in [6, 6.07) is 0. The highest BCUT2D eigenvalue weighted by atomic mass is 16.4. The van der Waals surface area contributed by atoms with Crippen molar-refractivity contribution in [3.63, 3.8) is 0 Å². The van der Waals surface area contributed by atoms with Crippen molar-refractivity contribution in [1.82, 2.24) is 0 Å². The Balaban J connectivity index is 3.43. The van der Waals surface area contributed by atoms with Gasteiger partial charge in [-0.1, -0.05) is 96.8 Å². The molecule has 0 heterocycles. The lowest BCUT2D eigenvalue weighted by Crippen LogP contribution is -2.46. The monoisotopic (exact) mass is 428 g/mol. The molecule has 0 saturated carbocycles. The van der Waals surface area contributed by atoms with Crippen LogP contribution in [-0.2, 0) is 4.79 Å². The smallest absolute Gasteiger partial charge is 0.303 e. The van der Waals surface area contributed by atoms with Crippen LogP contribution < -0.4 is 0 Å². The number of hydrogen-bond acceptors (Lipinski definition) is 2. The molecule has 4 nitrogen and oxygen atoms in total. The van der Waals surface area contributed by atoms with E-state index in [9.17, 15) is 9.90 Å². The highest BCUT2D eigenvalue weighted by molar-refractivity contribution is 5.66. The molecule has 0 aliphatic carbocycles. The number of carboxylic acid groups (broad SMARTS) is 1. The van der Waals surface area contributed by atoms with Crippen LogP contribution in [-0.4, -0.2) is 54.0 Å². The first-order valence-electron chi connectivity index (χ1n) is 13.1. The maximum atomic E-state index is 10.5.